The van der Waals surface area contributed by atoms with Gasteiger partial charge in [0.05, 0.1) is 14.4 Å². The van der Waals surface area contributed by atoms with E-state index in [-0.39, 0.29) is 11.5 Å². The number of nitrogens with one attached hydrogen (secondary N) is 2. The van der Waals surface area contributed by atoms with Crippen molar-refractivity contribution < 1.29 is 0 Å². The third-order valence-corrected chi connectivity index (χ3v) is 3.85. The normalized spacial score (nSPS) is 11.6. The number of hydrazone groups is 1. The Morgan fingerprint density at radius 2 is 2.28 bits per heavy atom. The van der Waals surface area contributed by atoms with Gasteiger partial charge in [0.15, 0.2) is 0 Å². The highest BCUT2D eigenvalue weighted by Gasteiger charge is 2.02. The van der Waals surface area contributed by atoms with Crippen molar-refractivity contribution in [2.24, 2.45) is 5.10 Å². The Balaban J connectivity index is 2.15. The second-order valence-electron chi connectivity index (χ2n) is 3.50. The molecule has 0 aliphatic carbocycles. The van der Waals surface area contributed by atoms with Gasteiger partial charge in [-0.25, -0.2) is 5.43 Å². The number of hydrogen-bond donors (Lipinski definition) is 2. The van der Waals surface area contributed by atoms with Crippen molar-refractivity contribution in [2.75, 3.05) is 5.43 Å². The zero-order valence-electron chi connectivity index (χ0n) is 9.69. The van der Waals surface area contributed by atoms with Crippen molar-refractivity contribution in [3.05, 3.63) is 36.8 Å². The topological polar surface area (TPSA) is 83.0 Å². The minimum Gasteiger partial charge on any atom is -0.288 e. The molecule has 0 aromatic carbocycles. The van der Waals surface area contributed by atoms with E-state index in [2.05, 4.69) is 41.6 Å². The molecule has 2 N–H and O–H groups in total. The van der Waals surface area contributed by atoms with Crippen LogP contribution in [0.4, 0.5) is 5.95 Å². The fourth-order valence-corrected chi connectivity index (χ4v) is 2.48. The molecule has 8 heteroatoms. The van der Waals surface area contributed by atoms with Crippen LogP contribution in [0.2, 0.25) is 0 Å². The summed E-state index contributed by atoms with van der Waals surface area (Å²) in [6.45, 7) is 3.46. The number of thiophene rings is 1. The molecule has 0 bridgehead atoms. The van der Waals surface area contributed by atoms with E-state index >= 15 is 0 Å². The first-order valence-corrected chi connectivity index (χ1v) is 6.67. The van der Waals surface area contributed by atoms with Gasteiger partial charge in [0.2, 0.25) is 5.95 Å². The highest BCUT2D eigenvalue weighted by atomic mass is 79.9. The number of nitrogens with zero attached hydrogens (tertiary/aromatic N) is 3. The van der Waals surface area contributed by atoms with E-state index in [4.69, 9.17) is 0 Å². The summed E-state index contributed by atoms with van der Waals surface area (Å²) in [6, 6.07) is 3.91. The molecule has 0 unspecified atom stereocenters. The predicted octanol–water partition coefficient (Wildman–Crippen LogP) is 2.13. The average molecular weight is 328 g/mol. The highest BCUT2D eigenvalue weighted by Crippen LogP contribution is 2.22. The van der Waals surface area contributed by atoms with Crippen molar-refractivity contribution in [1.29, 1.82) is 0 Å². The number of aromatic nitrogens is 3. The first-order chi connectivity index (χ1) is 8.56. The molecule has 2 aromatic heterocycles. The van der Waals surface area contributed by atoms with Gasteiger partial charge in [-0.15, -0.1) is 21.5 Å². The summed E-state index contributed by atoms with van der Waals surface area (Å²) < 4.78 is 1.04. The second kappa shape index (κ2) is 5.40. The summed E-state index contributed by atoms with van der Waals surface area (Å²) in [6.07, 6.45) is 0. The molecule has 94 valence electrons. The number of aryl methyl sites for hydroxylation is 1. The molecule has 0 radical (unpaired) electrons. The summed E-state index contributed by atoms with van der Waals surface area (Å²) in [5, 5.41) is 11.6. The van der Waals surface area contributed by atoms with Crippen molar-refractivity contribution >= 4 is 38.9 Å². The lowest BCUT2D eigenvalue weighted by molar-refractivity contribution is 0.897. The summed E-state index contributed by atoms with van der Waals surface area (Å²) >= 11 is 4.96. The van der Waals surface area contributed by atoms with Crippen LogP contribution in [0.15, 0.2) is 25.8 Å². The van der Waals surface area contributed by atoms with E-state index in [1.165, 1.54) is 0 Å². The maximum atomic E-state index is 11.3. The highest BCUT2D eigenvalue weighted by molar-refractivity contribution is 9.11. The smallest absolute Gasteiger partial charge is 0.274 e. The average Bonchev–Trinajstić information content (AvgIpc) is 2.77. The van der Waals surface area contributed by atoms with Crippen LogP contribution in [0.3, 0.4) is 0 Å². The van der Waals surface area contributed by atoms with Gasteiger partial charge in [0.1, 0.15) is 5.69 Å². The number of halogens is 1. The molecule has 0 saturated carbocycles. The minimum atomic E-state index is -0.278. The summed E-state index contributed by atoms with van der Waals surface area (Å²) in [5.41, 5.74) is 3.51. The van der Waals surface area contributed by atoms with E-state index in [0.717, 1.165) is 14.4 Å². The molecule has 2 rings (SSSR count). The van der Waals surface area contributed by atoms with Crippen LogP contribution in [0.1, 0.15) is 17.5 Å². The molecule has 0 spiro atoms. The van der Waals surface area contributed by atoms with Gasteiger partial charge < -0.3 is 0 Å². The van der Waals surface area contributed by atoms with Crippen molar-refractivity contribution in [3.63, 3.8) is 0 Å². The third kappa shape index (κ3) is 3.02. The van der Waals surface area contributed by atoms with E-state index in [1.54, 1.807) is 18.3 Å². The lowest BCUT2D eigenvalue weighted by Gasteiger charge is -2.00. The van der Waals surface area contributed by atoms with Gasteiger partial charge >= 0.3 is 0 Å². The molecule has 2 heterocycles. The lowest BCUT2D eigenvalue weighted by atomic mass is 10.3. The molecule has 0 aliphatic heterocycles. The zero-order valence-corrected chi connectivity index (χ0v) is 12.1. The number of aromatic amines is 1. The van der Waals surface area contributed by atoms with Crippen molar-refractivity contribution in [3.8, 4) is 0 Å². The standard InChI is InChI=1S/C10H10BrN5OS/c1-5(7-3-4-8(11)18-7)13-15-10-12-9(17)6(2)14-16-10/h3-4H,1-2H3,(H2,12,15,16,17)/b13-5-. The first kappa shape index (κ1) is 12.9. The molecule has 0 saturated heterocycles. The van der Waals surface area contributed by atoms with E-state index in [1.807, 2.05) is 19.1 Å². The second-order valence-corrected chi connectivity index (χ2v) is 5.96. The number of H-pyrrole nitrogens is 1. The molecule has 0 aliphatic rings. The first-order valence-electron chi connectivity index (χ1n) is 5.06. The van der Waals surface area contributed by atoms with Gasteiger partial charge in [-0.05, 0) is 41.9 Å². The maximum Gasteiger partial charge on any atom is 0.274 e. The van der Waals surface area contributed by atoms with Gasteiger partial charge in [-0.3, -0.25) is 9.78 Å². The number of anilines is 1. The van der Waals surface area contributed by atoms with Crippen LogP contribution in [-0.2, 0) is 0 Å². The van der Waals surface area contributed by atoms with Crippen LogP contribution in [0, 0.1) is 6.92 Å². The maximum absolute atomic E-state index is 11.3. The van der Waals surface area contributed by atoms with Crippen LogP contribution < -0.4 is 11.0 Å². The molecule has 0 fully saturated rings. The lowest BCUT2D eigenvalue weighted by Crippen LogP contribution is -2.15. The third-order valence-electron chi connectivity index (χ3n) is 2.12. The summed E-state index contributed by atoms with van der Waals surface area (Å²) in [4.78, 5) is 14.9. The van der Waals surface area contributed by atoms with Crippen LogP contribution in [0.5, 0.6) is 0 Å². The van der Waals surface area contributed by atoms with E-state index in [9.17, 15) is 4.79 Å². The fourth-order valence-electron chi connectivity index (χ4n) is 1.14. The molecule has 0 atom stereocenters. The Kier molecular flexibility index (Phi) is 3.87. The van der Waals surface area contributed by atoms with Crippen LogP contribution in [-0.4, -0.2) is 20.9 Å². The van der Waals surface area contributed by atoms with Crippen molar-refractivity contribution in [1.82, 2.24) is 15.2 Å². The Labute approximate surface area is 115 Å². The van der Waals surface area contributed by atoms with Gasteiger partial charge in [-0.2, -0.15) is 5.10 Å². The molecule has 0 amide bonds. The Bertz CT molecular complexity index is 648. The van der Waals surface area contributed by atoms with Crippen LogP contribution in [0.25, 0.3) is 0 Å². The minimum absolute atomic E-state index is 0.223. The largest absolute Gasteiger partial charge is 0.288 e. The van der Waals surface area contributed by atoms with Gasteiger partial charge in [0.25, 0.3) is 5.56 Å². The molecule has 6 nitrogen and oxygen atoms in total. The molecular weight excluding hydrogens is 318 g/mol. The number of hydrogen-bond acceptors (Lipinski definition) is 6. The monoisotopic (exact) mass is 327 g/mol. The Hall–Kier alpha value is -1.54. The van der Waals surface area contributed by atoms with Gasteiger partial charge in [0, 0.05) is 0 Å². The molecular formula is C10H10BrN5OS. The van der Waals surface area contributed by atoms with Crippen LogP contribution >= 0.6 is 27.3 Å². The summed E-state index contributed by atoms with van der Waals surface area (Å²) in [7, 11) is 0. The quantitative estimate of drug-likeness (QED) is 0.668. The molecule has 18 heavy (non-hydrogen) atoms. The predicted molar refractivity (Wildman–Crippen MR) is 75.2 cm³/mol. The fraction of sp³-hybridized carbons (Fsp3) is 0.200. The van der Waals surface area contributed by atoms with E-state index in [0.29, 0.717) is 5.69 Å². The molecule has 2 aromatic rings. The van der Waals surface area contributed by atoms with E-state index < -0.39 is 0 Å². The SMILES string of the molecule is C/C(=N/Nc1nnc(C)c(=O)[nH]1)c1ccc(Br)s1. The van der Waals surface area contributed by atoms with Crippen molar-refractivity contribution in [2.45, 2.75) is 13.8 Å². The van der Waals surface area contributed by atoms with Gasteiger partial charge in [-0.1, -0.05) is 0 Å². The Morgan fingerprint density at radius 1 is 1.50 bits per heavy atom. The number of rotatable bonds is 3. The zero-order chi connectivity index (χ0) is 13.1. The summed E-state index contributed by atoms with van der Waals surface area (Å²) in [5.74, 6) is 0.223. The Morgan fingerprint density at radius 3 is 2.89 bits per heavy atom.